The van der Waals surface area contributed by atoms with Crippen molar-refractivity contribution in [3.8, 4) is 0 Å². The molecule has 2 heteroatoms. The molecule has 0 aliphatic heterocycles. The molecule has 1 aromatic rings. The Bertz CT molecular complexity index is 308. The Morgan fingerprint density at radius 1 is 1.29 bits per heavy atom. The minimum absolute atomic E-state index is 0.661. The largest absolute Gasteiger partial charge is 0.303 e. The average Bonchev–Trinajstić information content (AvgIpc) is 2.14. The fourth-order valence-electron chi connectivity index (χ4n) is 1.57. The minimum atomic E-state index is 0.661. The second kappa shape index (κ2) is 5.30. The van der Waals surface area contributed by atoms with Crippen LogP contribution in [0.25, 0.3) is 0 Å². The van der Waals surface area contributed by atoms with E-state index in [2.05, 4.69) is 41.9 Å². The lowest BCUT2D eigenvalue weighted by Gasteiger charge is -2.07. The molecule has 0 amide bonds. The summed E-state index contributed by atoms with van der Waals surface area (Å²) < 4.78 is 1.19. The summed E-state index contributed by atoms with van der Waals surface area (Å²) in [5.74, 6) is 0. The molecule has 0 fully saturated rings. The number of hydrogen-bond acceptors (Lipinski definition) is 1. The van der Waals surface area contributed by atoms with Gasteiger partial charge in [-0.25, -0.2) is 0 Å². The highest BCUT2D eigenvalue weighted by molar-refractivity contribution is 9.10. The van der Waals surface area contributed by atoms with Crippen molar-refractivity contribution in [2.45, 2.75) is 33.1 Å². The van der Waals surface area contributed by atoms with Crippen LogP contribution in [0.3, 0.4) is 0 Å². The molecule has 0 spiro atoms. The van der Waals surface area contributed by atoms with Crippen molar-refractivity contribution in [2.75, 3.05) is 0 Å². The van der Waals surface area contributed by atoms with Crippen LogP contribution in [0.5, 0.6) is 0 Å². The van der Waals surface area contributed by atoms with Crippen LogP contribution in [0.2, 0.25) is 0 Å². The Morgan fingerprint density at radius 3 is 2.36 bits per heavy atom. The highest BCUT2D eigenvalue weighted by Gasteiger charge is 2.01. The summed E-state index contributed by atoms with van der Waals surface area (Å²) in [4.78, 5) is 10.2. The molecule has 1 aromatic carbocycles. The molecule has 0 saturated heterocycles. The summed E-state index contributed by atoms with van der Waals surface area (Å²) >= 11 is 3.54. The molecule has 0 unspecified atom stereocenters. The number of carbonyl (C=O) groups excluding carboxylic acids is 1. The van der Waals surface area contributed by atoms with E-state index in [1.807, 2.05) is 0 Å². The number of unbranched alkanes of at least 4 members (excludes halogenated alkanes) is 1. The van der Waals surface area contributed by atoms with E-state index in [9.17, 15) is 4.79 Å². The highest BCUT2D eigenvalue weighted by Crippen LogP contribution is 2.23. The van der Waals surface area contributed by atoms with Crippen LogP contribution in [0.1, 0.15) is 29.5 Å². The minimum Gasteiger partial charge on any atom is -0.303 e. The van der Waals surface area contributed by atoms with Crippen molar-refractivity contribution in [3.05, 3.63) is 33.3 Å². The van der Waals surface area contributed by atoms with E-state index in [4.69, 9.17) is 0 Å². The number of rotatable bonds is 4. The Balaban J connectivity index is 2.74. The summed E-state index contributed by atoms with van der Waals surface area (Å²) in [5.41, 5.74) is 3.86. The monoisotopic (exact) mass is 254 g/mol. The number of carbonyl (C=O) groups is 1. The Labute approximate surface area is 93.7 Å². The van der Waals surface area contributed by atoms with Gasteiger partial charge in [0.05, 0.1) is 0 Å². The standard InChI is InChI=1S/C12H15BrO/c1-9-7-11(5-3-4-6-14)8-10(2)12(9)13/h6-8H,3-5H2,1-2H3. The lowest BCUT2D eigenvalue weighted by molar-refractivity contribution is -0.107. The van der Waals surface area contributed by atoms with Crippen molar-refractivity contribution < 1.29 is 4.79 Å². The molecule has 1 rings (SSSR count). The molecule has 0 heterocycles. The van der Waals surface area contributed by atoms with Crippen LogP contribution in [0.15, 0.2) is 16.6 Å². The lowest BCUT2D eigenvalue weighted by Crippen LogP contribution is -1.90. The van der Waals surface area contributed by atoms with E-state index >= 15 is 0 Å². The second-order valence-electron chi connectivity index (χ2n) is 3.60. The molecule has 0 atom stereocenters. The van der Waals surface area contributed by atoms with Crippen LogP contribution < -0.4 is 0 Å². The number of aldehydes is 1. The average molecular weight is 255 g/mol. The molecule has 14 heavy (non-hydrogen) atoms. The molecule has 76 valence electrons. The number of hydrogen-bond donors (Lipinski definition) is 0. The summed E-state index contributed by atoms with van der Waals surface area (Å²) in [6.45, 7) is 4.20. The van der Waals surface area contributed by atoms with Crippen LogP contribution in [-0.2, 0) is 11.2 Å². The van der Waals surface area contributed by atoms with Crippen LogP contribution in [0.4, 0.5) is 0 Å². The predicted octanol–water partition coefficient (Wildman–Crippen LogP) is 3.59. The smallest absolute Gasteiger partial charge is 0.120 e. The van der Waals surface area contributed by atoms with Crippen molar-refractivity contribution in [3.63, 3.8) is 0 Å². The predicted molar refractivity (Wildman–Crippen MR) is 62.6 cm³/mol. The third-order valence-electron chi connectivity index (χ3n) is 2.28. The Morgan fingerprint density at radius 2 is 1.86 bits per heavy atom. The Kier molecular flexibility index (Phi) is 4.33. The molecular formula is C12H15BrO. The maximum atomic E-state index is 10.2. The van der Waals surface area contributed by atoms with Crippen LogP contribution in [0, 0.1) is 13.8 Å². The van der Waals surface area contributed by atoms with E-state index in [1.165, 1.54) is 21.2 Å². The molecule has 0 aliphatic rings. The summed E-state index contributed by atoms with van der Waals surface area (Å²) in [5, 5.41) is 0. The lowest BCUT2D eigenvalue weighted by atomic mass is 10.0. The van der Waals surface area contributed by atoms with Gasteiger partial charge in [0.1, 0.15) is 6.29 Å². The quantitative estimate of drug-likeness (QED) is 0.593. The maximum absolute atomic E-state index is 10.2. The summed E-state index contributed by atoms with van der Waals surface area (Å²) in [6, 6.07) is 4.36. The van der Waals surface area contributed by atoms with Crippen LogP contribution >= 0.6 is 15.9 Å². The van der Waals surface area contributed by atoms with Crippen molar-refractivity contribution >= 4 is 22.2 Å². The molecule has 0 aliphatic carbocycles. The van der Waals surface area contributed by atoms with E-state index in [0.29, 0.717) is 6.42 Å². The van der Waals surface area contributed by atoms with Gasteiger partial charge in [0.15, 0.2) is 0 Å². The first-order chi connectivity index (χ1) is 6.65. The van der Waals surface area contributed by atoms with Gasteiger partial charge in [-0.2, -0.15) is 0 Å². The van der Waals surface area contributed by atoms with E-state index in [-0.39, 0.29) is 0 Å². The molecule has 0 bridgehead atoms. The zero-order valence-electron chi connectivity index (χ0n) is 8.64. The third-order valence-corrected chi connectivity index (χ3v) is 3.53. The zero-order chi connectivity index (χ0) is 10.6. The normalized spacial score (nSPS) is 10.2. The van der Waals surface area contributed by atoms with Gasteiger partial charge in [0.2, 0.25) is 0 Å². The maximum Gasteiger partial charge on any atom is 0.120 e. The van der Waals surface area contributed by atoms with Crippen LogP contribution in [-0.4, -0.2) is 6.29 Å². The fourth-order valence-corrected chi connectivity index (χ4v) is 1.80. The topological polar surface area (TPSA) is 17.1 Å². The summed E-state index contributed by atoms with van der Waals surface area (Å²) in [7, 11) is 0. The number of benzene rings is 1. The first-order valence-corrected chi connectivity index (χ1v) is 5.63. The van der Waals surface area contributed by atoms with Gasteiger partial charge < -0.3 is 4.79 Å². The molecular weight excluding hydrogens is 240 g/mol. The van der Waals surface area contributed by atoms with Crippen molar-refractivity contribution in [2.24, 2.45) is 0 Å². The second-order valence-corrected chi connectivity index (χ2v) is 4.40. The van der Waals surface area contributed by atoms with Gasteiger partial charge in [-0.1, -0.05) is 28.1 Å². The van der Waals surface area contributed by atoms with E-state index in [1.54, 1.807) is 0 Å². The number of halogens is 1. The highest BCUT2D eigenvalue weighted by atomic mass is 79.9. The van der Waals surface area contributed by atoms with Gasteiger partial charge >= 0.3 is 0 Å². The molecule has 0 saturated carbocycles. The van der Waals surface area contributed by atoms with Gasteiger partial charge in [0.25, 0.3) is 0 Å². The SMILES string of the molecule is Cc1cc(CCCC=O)cc(C)c1Br. The van der Waals surface area contributed by atoms with E-state index in [0.717, 1.165) is 19.1 Å². The summed E-state index contributed by atoms with van der Waals surface area (Å²) in [6.07, 6.45) is 3.59. The van der Waals surface area contributed by atoms with Gasteiger partial charge in [-0.05, 0) is 43.4 Å². The fraction of sp³-hybridized carbons (Fsp3) is 0.417. The van der Waals surface area contributed by atoms with Gasteiger partial charge in [-0.3, -0.25) is 0 Å². The first-order valence-electron chi connectivity index (χ1n) is 4.84. The molecule has 0 N–H and O–H groups in total. The molecule has 1 nitrogen and oxygen atoms in total. The van der Waals surface area contributed by atoms with Crippen molar-refractivity contribution in [1.29, 1.82) is 0 Å². The number of aryl methyl sites for hydroxylation is 3. The van der Waals surface area contributed by atoms with Gasteiger partial charge in [-0.15, -0.1) is 0 Å². The first kappa shape index (κ1) is 11.4. The molecule has 0 radical (unpaired) electrons. The zero-order valence-corrected chi connectivity index (χ0v) is 10.2. The molecule has 0 aromatic heterocycles. The van der Waals surface area contributed by atoms with Gasteiger partial charge in [0, 0.05) is 10.9 Å². The van der Waals surface area contributed by atoms with E-state index < -0.39 is 0 Å². The third kappa shape index (κ3) is 2.95. The Hall–Kier alpha value is -0.630. The van der Waals surface area contributed by atoms with Crippen molar-refractivity contribution in [1.82, 2.24) is 0 Å².